The lowest BCUT2D eigenvalue weighted by Gasteiger charge is -2.09. The number of hydrogen-bond donors (Lipinski definition) is 2. The van der Waals surface area contributed by atoms with Gasteiger partial charge < -0.3 is 15.4 Å². The van der Waals surface area contributed by atoms with Crippen LogP contribution in [0, 0.1) is 0 Å². The van der Waals surface area contributed by atoms with Gasteiger partial charge in [-0.1, -0.05) is 47.5 Å². The Balaban J connectivity index is 1.66. The van der Waals surface area contributed by atoms with Crippen LogP contribution in [0.25, 0.3) is 0 Å². The van der Waals surface area contributed by atoms with Crippen molar-refractivity contribution >= 4 is 45.2 Å². The van der Waals surface area contributed by atoms with Crippen LogP contribution in [0.1, 0.15) is 25.3 Å². The molecule has 0 atom stereocenters. The Hall–Kier alpha value is -1.99. The van der Waals surface area contributed by atoms with Gasteiger partial charge in [-0.15, -0.1) is 11.8 Å². The van der Waals surface area contributed by atoms with E-state index in [0.29, 0.717) is 13.2 Å². The molecule has 28 heavy (non-hydrogen) atoms. The van der Waals surface area contributed by atoms with Crippen molar-refractivity contribution in [3.8, 4) is 5.75 Å². The van der Waals surface area contributed by atoms with E-state index in [9.17, 15) is 9.59 Å². The van der Waals surface area contributed by atoms with E-state index in [4.69, 9.17) is 4.74 Å². The molecule has 2 N–H and O–H groups in total. The van der Waals surface area contributed by atoms with Gasteiger partial charge in [0.15, 0.2) is 0 Å². The minimum absolute atomic E-state index is 0.0995. The highest BCUT2D eigenvalue weighted by atomic mass is 79.9. The standard InChI is InChI=1S/C21H25BrN2O3S/c1-2-3-10-27-19-9-4-6-16(11-19)13-23-20(25)14-28-15-21(26)24-18-8-5-7-17(22)12-18/h4-9,11-12H,2-3,10,13-15H2,1H3,(H,23,25)(H,24,26). The summed E-state index contributed by atoms with van der Waals surface area (Å²) in [7, 11) is 0. The molecule has 0 radical (unpaired) electrons. The minimum atomic E-state index is -0.132. The van der Waals surface area contributed by atoms with E-state index in [1.807, 2.05) is 48.5 Å². The molecule has 2 aromatic rings. The number of thioether (sulfide) groups is 1. The van der Waals surface area contributed by atoms with Gasteiger partial charge in [-0.05, 0) is 42.3 Å². The molecule has 7 heteroatoms. The molecule has 0 aliphatic carbocycles. The number of carbonyl (C=O) groups is 2. The summed E-state index contributed by atoms with van der Waals surface area (Å²) in [5.41, 5.74) is 1.71. The molecule has 0 aliphatic heterocycles. The number of anilines is 1. The normalized spacial score (nSPS) is 10.4. The zero-order valence-corrected chi connectivity index (χ0v) is 18.3. The van der Waals surface area contributed by atoms with Crippen molar-refractivity contribution < 1.29 is 14.3 Å². The van der Waals surface area contributed by atoms with Gasteiger partial charge >= 0.3 is 0 Å². The highest BCUT2D eigenvalue weighted by Crippen LogP contribution is 2.16. The smallest absolute Gasteiger partial charge is 0.234 e. The second kappa shape index (κ2) is 12.5. The number of unbranched alkanes of at least 4 members (excludes halogenated alkanes) is 1. The van der Waals surface area contributed by atoms with Crippen molar-refractivity contribution in [1.82, 2.24) is 5.32 Å². The number of benzene rings is 2. The zero-order chi connectivity index (χ0) is 20.2. The van der Waals surface area contributed by atoms with Crippen molar-refractivity contribution in [1.29, 1.82) is 0 Å². The van der Waals surface area contributed by atoms with Gasteiger partial charge in [0.25, 0.3) is 0 Å². The molecular formula is C21H25BrN2O3S. The van der Waals surface area contributed by atoms with E-state index < -0.39 is 0 Å². The molecule has 150 valence electrons. The van der Waals surface area contributed by atoms with Crippen molar-refractivity contribution in [2.75, 3.05) is 23.4 Å². The number of halogens is 1. The summed E-state index contributed by atoms with van der Waals surface area (Å²) in [5.74, 6) is 1.04. The molecule has 5 nitrogen and oxygen atoms in total. The van der Waals surface area contributed by atoms with Crippen LogP contribution >= 0.6 is 27.7 Å². The molecule has 0 fully saturated rings. The van der Waals surface area contributed by atoms with E-state index >= 15 is 0 Å². The van der Waals surface area contributed by atoms with Gasteiger partial charge in [0.05, 0.1) is 18.1 Å². The lowest BCUT2D eigenvalue weighted by atomic mass is 10.2. The molecule has 0 saturated heterocycles. The van der Waals surface area contributed by atoms with Gasteiger partial charge in [-0.2, -0.15) is 0 Å². The fourth-order valence-electron chi connectivity index (χ4n) is 2.33. The highest BCUT2D eigenvalue weighted by molar-refractivity contribution is 9.10. The summed E-state index contributed by atoms with van der Waals surface area (Å²) in [6.45, 7) is 3.26. The first-order valence-corrected chi connectivity index (χ1v) is 11.1. The Morgan fingerprint density at radius 2 is 1.86 bits per heavy atom. The van der Waals surface area contributed by atoms with Gasteiger partial charge in [0.2, 0.25) is 11.8 Å². The minimum Gasteiger partial charge on any atom is -0.494 e. The van der Waals surface area contributed by atoms with Crippen LogP contribution in [0.3, 0.4) is 0 Å². The van der Waals surface area contributed by atoms with Crippen LogP contribution in [0.15, 0.2) is 53.0 Å². The second-order valence-electron chi connectivity index (χ2n) is 6.18. The van der Waals surface area contributed by atoms with Crippen LogP contribution in [0.4, 0.5) is 5.69 Å². The number of amides is 2. The van der Waals surface area contributed by atoms with E-state index in [1.54, 1.807) is 0 Å². The third-order valence-electron chi connectivity index (χ3n) is 3.73. The third-order valence-corrected chi connectivity index (χ3v) is 5.16. The summed E-state index contributed by atoms with van der Waals surface area (Å²) < 4.78 is 6.58. The lowest BCUT2D eigenvalue weighted by molar-refractivity contribution is -0.118. The number of nitrogens with one attached hydrogen (secondary N) is 2. The molecule has 0 saturated carbocycles. The molecule has 2 amide bonds. The fourth-order valence-corrected chi connectivity index (χ4v) is 3.38. The van der Waals surface area contributed by atoms with Crippen LogP contribution in [0.2, 0.25) is 0 Å². The van der Waals surface area contributed by atoms with Crippen molar-refractivity contribution in [2.24, 2.45) is 0 Å². The molecule has 2 rings (SSSR count). The Morgan fingerprint density at radius 3 is 2.64 bits per heavy atom. The first kappa shape index (κ1) is 22.3. The number of hydrogen-bond acceptors (Lipinski definition) is 4. The van der Waals surface area contributed by atoms with Gasteiger partial charge in [-0.25, -0.2) is 0 Å². The summed E-state index contributed by atoms with van der Waals surface area (Å²) >= 11 is 4.65. The average Bonchev–Trinajstić information content (AvgIpc) is 2.67. The third kappa shape index (κ3) is 8.80. The zero-order valence-electron chi connectivity index (χ0n) is 15.9. The fraction of sp³-hybridized carbons (Fsp3) is 0.333. The molecule has 0 unspecified atom stereocenters. The molecule has 0 heterocycles. The monoisotopic (exact) mass is 464 g/mol. The highest BCUT2D eigenvalue weighted by Gasteiger charge is 2.07. The van der Waals surface area contributed by atoms with E-state index in [-0.39, 0.29) is 23.3 Å². The van der Waals surface area contributed by atoms with Crippen LogP contribution < -0.4 is 15.4 Å². The van der Waals surface area contributed by atoms with Crippen molar-refractivity contribution in [2.45, 2.75) is 26.3 Å². The van der Waals surface area contributed by atoms with Gasteiger partial charge in [0, 0.05) is 16.7 Å². The molecule has 0 spiro atoms. The molecule has 0 bridgehead atoms. The van der Waals surface area contributed by atoms with Crippen LogP contribution in [-0.4, -0.2) is 29.9 Å². The summed E-state index contributed by atoms with van der Waals surface area (Å²) in [6.07, 6.45) is 2.11. The Labute approximate surface area is 178 Å². The maximum Gasteiger partial charge on any atom is 0.234 e. The van der Waals surface area contributed by atoms with E-state index in [1.165, 1.54) is 11.8 Å². The van der Waals surface area contributed by atoms with Crippen LogP contribution in [0.5, 0.6) is 5.75 Å². The quantitative estimate of drug-likeness (QED) is 0.476. The summed E-state index contributed by atoms with van der Waals surface area (Å²) in [4.78, 5) is 23.9. The topological polar surface area (TPSA) is 67.4 Å². The molecular weight excluding hydrogens is 440 g/mol. The lowest BCUT2D eigenvalue weighted by Crippen LogP contribution is -2.25. The van der Waals surface area contributed by atoms with Gasteiger partial charge in [-0.3, -0.25) is 9.59 Å². The Bertz CT molecular complexity index is 786. The number of carbonyl (C=O) groups excluding carboxylic acids is 2. The summed E-state index contributed by atoms with van der Waals surface area (Å²) in [5, 5.41) is 5.68. The predicted molar refractivity (Wildman–Crippen MR) is 119 cm³/mol. The molecule has 2 aromatic carbocycles. The van der Waals surface area contributed by atoms with E-state index in [0.717, 1.165) is 34.3 Å². The Kier molecular flexibility index (Phi) is 9.93. The van der Waals surface area contributed by atoms with Crippen molar-refractivity contribution in [3.05, 3.63) is 58.6 Å². The maximum atomic E-state index is 12.0. The first-order chi connectivity index (χ1) is 13.6. The number of ether oxygens (including phenoxy) is 1. The second-order valence-corrected chi connectivity index (χ2v) is 8.08. The maximum absolute atomic E-state index is 12.0. The molecule has 0 aliphatic rings. The van der Waals surface area contributed by atoms with Gasteiger partial charge in [0.1, 0.15) is 5.75 Å². The predicted octanol–water partition coefficient (Wildman–Crippen LogP) is 4.62. The van der Waals surface area contributed by atoms with Crippen molar-refractivity contribution in [3.63, 3.8) is 0 Å². The largest absolute Gasteiger partial charge is 0.494 e. The Morgan fingerprint density at radius 1 is 1.07 bits per heavy atom. The number of rotatable bonds is 11. The summed E-state index contributed by atoms with van der Waals surface area (Å²) in [6, 6.07) is 15.1. The molecule has 0 aromatic heterocycles. The van der Waals surface area contributed by atoms with E-state index in [2.05, 4.69) is 33.5 Å². The first-order valence-electron chi connectivity index (χ1n) is 9.18. The average molecular weight is 465 g/mol. The van der Waals surface area contributed by atoms with Crippen LogP contribution in [-0.2, 0) is 16.1 Å². The SMILES string of the molecule is CCCCOc1cccc(CNC(=O)CSCC(=O)Nc2cccc(Br)c2)c1.